The van der Waals surface area contributed by atoms with E-state index in [4.69, 9.17) is 9.47 Å². The van der Waals surface area contributed by atoms with Gasteiger partial charge in [0.2, 0.25) is 0 Å². The average Bonchev–Trinajstić information content (AvgIpc) is 3.44. The molecule has 5 nitrogen and oxygen atoms in total. The fraction of sp³-hybridized carbons (Fsp3) is 0.391. The average molecular weight is 444 g/mol. The zero-order valence-electron chi connectivity index (χ0n) is 17.1. The smallest absolute Gasteiger partial charge is 0.336 e. The van der Waals surface area contributed by atoms with E-state index in [2.05, 4.69) is 11.4 Å². The molecule has 7 heteroatoms. The topological polar surface area (TPSA) is 64.6 Å². The van der Waals surface area contributed by atoms with Gasteiger partial charge in [0, 0.05) is 45.7 Å². The van der Waals surface area contributed by atoms with Crippen LogP contribution in [-0.2, 0) is 19.1 Å². The van der Waals surface area contributed by atoms with Crippen LogP contribution in [0, 0.1) is 0 Å². The molecule has 0 saturated carbocycles. The van der Waals surface area contributed by atoms with E-state index >= 15 is 0 Å². The molecule has 1 aliphatic heterocycles. The van der Waals surface area contributed by atoms with E-state index in [1.54, 1.807) is 22.7 Å². The van der Waals surface area contributed by atoms with Crippen LogP contribution in [0.3, 0.4) is 0 Å². The summed E-state index contributed by atoms with van der Waals surface area (Å²) >= 11 is 3.25. The van der Waals surface area contributed by atoms with E-state index in [9.17, 15) is 9.59 Å². The number of Topliss-reactive ketones (excluding diaryl/α,β-unsaturated/α-hetero) is 1. The highest BCUT2D eigenvalue weighted by molar-refractivity contribution is 7.10. The Kier molecular flexibility index (Phi) is 6.51. The van der Waals surface area contributed by atoms with Crippen molar-refractivity contribution in [3.63, 3.8) is 0 Å². The van der Waals surface area contributed by atoms with Crippen LogP contribution in [0.4, 0.5) is 0 Å². The van der Waals surface area contributed by atoms with Gasteiger partial charge in [-0.1, -0.05) is 12.1 Å². The molecule has 1 aliphatic carbocycles. The number of esters is 1. The van der Waals surface area contributed by atoms with Crippen molar-refractivity contribution in [2.75, 3.05) is 19.8 Å². The van der Waals surface area contributed by atoms with Crippen LogP contribution in [0.15, 0.2) is 57.6 Å². The van der Waals surface area contributed by atoms with Gasteiger partial charge in [-0.15, -0.1) is 22.7 Å². The Bertz CT molecular complexity index is 973. The molecule has 1 N–H and O–H groups in total. The predicted molar refractivity (Wildman–Crippen MR) is 119 cm³/mol. The molecule has 2 aliphatic rings. The van der Waals surface area contributed by atoms with Gasteiger partial charge < -0.3 is 14.8 Å². The number of carbonyl (C=O) groups is 2. The molecule has 0 radical (unpaired) electrons. The zero-order chi connectivity index (χ0) is 21.1. The fourth-order valence-electron chi connectivity index (χ4n) is 4.19. The van der Waals surface area contributed by atoms with Crippen LogP contribution < -0.4 is 5.32 Å². The highest BCUT2D eigenvalue weighted by Gasteiger charge is 2.41. The van der Waals surface area contributed by atoms with Gasteiger partial charge in [-0.2, -0.15) is 0 Å². The van der Waals surface area contributed by atoms with Gasteiger partial charge >= 0.3 is 5.97 Å². The third kappa shape index (κ3) is 4.15. The van der Waals surface area contributed by atoms with Crippen molar-refractivity contribution < 1.29 is 19.1 Å². The van der Waals surface area contributed by atoms with Crippen molar-refractivity contribution in [3.8, 4) is 0 Å². The van der Waals surface area contributed by atoms with Gasteiger partial charge in [-0.25, -0.2) is 4.79 Å². The summed E-state index contributed by atoms with van der Waals surface area (Å²) in [5.74, 6) is -0.483. The number of dihydropyridines is 1. The van der Waals surface area contributed by atoms with Crippen LogP contribution >= 0.6 is 22.7 Å². The molecule has 0 amide bonds. The standard InChI is InChI=1S/C23H25NO4S2/c1-3-27-8-9-28-23(26)20-14(2)24-16-12-15(18-6-4-10-29-18)13-17(25)21(16)22(20)19-7-5-11-30-19/h4-7,10-11,15,22,24H,3,8-9,12-13H2,1-2H3/t15-,22-/m0/s1. The molecule has 2 aromatic rings. The fourth-order valence-corrected chi connectivity index (χ4v) is 5.86. The molecule has 0 bridgehead atoms. The molecule has 3 heterocycles. The molecule has 0 unspecified atom stereocenters. The Morgan fingerprint density at radius 2 is 1.87 bits per heavy atom. The number of thiophene rings is 2. The Balaban J connectivity index is 1.66. The van der Waals surface area contributed by atoms with E-state index in [1.807, 2.05) is 42.8 Å². The number of allylic oxidation sites excluding steroid dienone is 3. The van der Waals surface area contributed by atoms with Gasteiger partial charge in [0.05, 0.1) is 18.1 Å². The predicted octanol–water partition coefficient (Wildman–Crippen LogP) is 4.75. The molecular formula is C23H25NO4S2. The quantitative estimate of drug-likeness (QED) is 0.494. The first-order chi connectivity index (χ1) is 14.6. The Morgan fingerprint density at radius 3 is 2.53 bits per heavy atom. The van der Waals surface area contributed by atoms with Crippen LogP contribution in [0.1, 0.15) is 48.3 Å². The molecule has 0 spiro atoms. The summed E-state index contributed by atoms with van der Waals surface area (Å²) in [6.45, 7) is 4.93. The van der Waals surface area contributed by atoms with Crippen LogP contribution in [0.25, 0.3) is 0 Å². The van der Waals surface area contributed by atoms with Gasteiger partial charge in [0.15, 0.2) is 5.78 Å². The maximum absolute atomic E-state index is 13.3. The summed E-state index contributed by atoms with van der Waals surface area (Å²) in [5.41, 5.74) is 2.93. The summed E-state index contributed by atoms with van der Waals surface area (Å²) in [4.78, 5) is 28.6. The second-order valence-corrected chi connectivity index (χ2v) is 9.34. The van der Waals surface area contributed by atoms with Gasteiger partial charge in [0.25, 0.3) is 0 Å². The number of rotatable bonds is 7. The minimum Gasteiger partial charge on any atom is -0.460 e. The highest BCUT2D eigenvalue weighted by atomic mass is 32.1. The van der Waals surface area contributed by atoms with Gasteiger partial charge in [0.1, 0.15) is 6.61 Å². The molecule has 2 atom stereocenters. The second kappa shape index (κ2) is 9.29. The summed E-state index contributed by atoms with van der Waals surface area (Å²) in [5, 5.41) is 7.41. The van der Waals surface area contributed by atoms with E-state index in [0.29, 0.717) is 30.8 Å². The number of carbonyl (C=O) groups excluding carboxylic acids is 2. The van der Waals surface area contributed by atoms with Crippen molar-refractivity contribution >= 4 is 34.4 Å². The Morgan fingerprint density at radius 1 is 1.13 bits per heavy atom. The minimum absolute atomic E-state index is 0.104. The third-order valence-electron chi connectivity index (χ3n) is 5.49. The van der Waals surface area contributed by atoms with E-state index < -0.39 is 5.97 Å². The van der Waals surface area contributed by atoms with Crippen molar-refractivity contribution in [2.45, 2.75) is 38.5 Å². The Labute approximate surface area is 184 Å². The third-order valence-corrected chi connectivity index (χ3v) is 7.46. The largest absolute Gasteiger partial charge is 0.460 e. The van der Waals surface area contributed by atoms with Crippen molar-refractivity contribution in [1.29, 1.82) is 0 Å². The van der Waals surface area contributed by atoms with Crippen molar-refractivity contribution in [3.05, 3.63) is 67.3 Å². The van der Waals surface area contributed by atoms with E-state index in [1.165, 1.54) is 4.88 Å². The van der Waals surface area contributed by atoms with Gasteiger partial charge in [-0.3, -0.25) is 4.79 Å². The summed E-state index contributed by atoms with van der Waals surface area (Å²) in [6, 6.07) is 8.07. The van der Waals surface area contributed by atoms with Crippen molar-refractivity contribution in [2.24, 2.45) is 0 Å². The second-order valence-electron chi connectivity index (χ2n) is 7.38. The summed E-state index contributed by atoms with van der Waals surface area (Å²) in [6.07, 6.45) is 1.24. The molecule has 0 saturated heterocycles. The molecular weight excluding hydrogens is 418 g/mol. The SMILES string of the molecule is CCOCCOC(=O)C1=C(C)NC2=C(C(=O)C[C@@H](c3cccs3)C2)[C@H]1c1cccs1. The molecule has 0 fully saturated rings. The lowest BCUT2D eigenvalue weighted by Gasteiger charge is -2.35. The first kappa shape index (κ1) is 21.0. The van der Waals surface area contributed by atoms with Crippen molar-refractivity contribution in [1.82, 2.24) is 5.32 Å². The molecule has 158 valence electrons. The number of nitrogens with one attached hydrogen (secondary N) is 1. The van der Waals surface area contributed by atoms with Gasteiger partial charge in [-0.05, 0) is 43.2 Å². The van der Waals surface area contributed by atoms with Crippen LogP contribution in [0.2, 0.25) is 0 Å². The zero-order valence-corrected chi connectivity index (χ0v) is 18.7. The number of hydrogen-bond acceptors (Lipinski definition) is 7. The lowest BCUT2D eigenvalue weighted by molar-refractivity contribution is -0.140. The maximum atomic E-state index is 13.3. The molecule has 2 aromatic heterocycles. The molecule has 0 aromatic carbocycles. The first-order valence-electron chi connectivity index (χ1n) is 10.2. The molecule has 4 rings (SSSR count). The first-order valence-corrected chi connectivity index (χ1v) is 11.9. The summed E-state index contributed by atoms with van der Waals surface area (Å²) in [7, 11) is 0. The lowest BCUT2D eigenvalue weighted by Crippen LogP contribution is -2.36. The van der Waals surface area contributed by atoms with E-state index in [0.717, 1.165) is 22.7 Å². The monoisotopic (exact) mass is 443 g/mol. The Hall–Kier alpha value is -2.22. The number of ether oxygens (including phenoxy) is 2. The van der Waals surface area contributed by atoms with E-state index in [-0.39, 0.29) is 24.2 Å². The summed E-state index contributed by atoms with van der Waals surface area (Å²) < 4.78 is 10.8. The van der Waals surface area contributed by atoms with Crippen LogP contribution in [-0.4, -0.2) is 31.6 Å². The lowest BCUT2D eigenvalue weighted by atomic mass is 9.74. The normalized spacial score (nSPS) is 21.5. The number of hydrogen-bond donors (Lipinski definition) is 1. The number of ketones is 1. The van der Waals surface area contributed by atoms with Crippen LogP contribution in [0.5, 0.6) is 0 Å². The highest BCUT2D eigenvalue weighted by Crippen LogP contribution is 2.47. The molecule has 30 heavy (non-hydrogen) atoms. The minimum atomic E-state index is -0.391. The maximum Gasteiger partial charge on any atom is 0.336 e.